The summed E-state index contributed by atoms with van der Waals surface area (Å²) in [5.41, 5.74) is 0.434. The molecule has 22 heavy (non-hydrogen) atoms. The van der Waals surface area contributed by atoms with Gasteiger partial charge < -0.3 is 19.7 Å². The Kier molecular flexibility index (Phi) is 5.63. The van der Waals surface area contributed by atoms with E-state index in [0.29, 0.717) is 17.1 Å². The lowest BCUT2D eigenvalue weighted by molar-refractivity contribution is -0.130. The van der Waals surface area contributed by atoms with E-state index in [-0.39, 0.29) is 18.4 Å². The maximum absolute atomic E-state index is 12.1. The molecule has 0 unspecified atom stereocenters. The highest BCUT2D eigenvalue weighted by atomic mass is 16.5. The lowest BCUT2D eigenvalue weighted by atomic mass is 10.1. The number of piperidine rings is 1. The number of carbonyl (C=O) groups is 2. The number of benzene rings is 1. The van der Waals surface area contributed by atoms with Crippen molar-refractivity contribution in [2.24, 2.45) is 0 Å². The lowest BCUT2D eigenvalue weighted by Crippen LogP contribution is -2.42. The van der Waals surface area contributed by atoms with Crippen molar-refractivity contribution in [3.8, 4) is 11.5 Å². The number of carbonyl (C=O) groups excluding carboxylic acids is 2. The molecule has 1 aliphatic rings. The Morgan fingerprint density at radius 3 is 2.41 bits per heavy atom. The lowest BCUT2D eigenvalue weighted by Gasteiger charge is -2.26. The summed E-state index contributed by atoms with van der Waals surface area (Å²) in [5.74, 6) is 0.709. The summed E-state index contributed by atoms with van der Waals surface area (Å²) in [7, 11) is 3.05. The third kappa shape index (κ3) is 3.90. The molecule has 1 N–H and O–H groups in total. The van der Waals surface area contributed by atoms with Crippen molar-refractivity contribution in [3.63, 3.8) is 0 Å². The predicted octanol–water partition coefficient (Wildman–Crippen LogP) is 1.45. The molecule has 1 aliphatic heterocycles. The highest BCUT2D eigenvalue weighted by Gasteiger charge is 2.17. The molecule has 2 rings (SSSR count). The maximum Gasteiger partial charge on any atom is 0.251 e. The number of nitrogens with zero attached hydrogens (tertiary/aromatic N) is 1. The minimum absolute atomic E-state index is 0.0210. The van der Waals surface area contributed by atoms with Gasteiger partial charge in [0.15, 0.2) is 11.5 Å². The number of amides is 2. The number of ether oxygens (including phenoxy) is 2. The van der Waals surface area contributed by atoms with Gasteiger partial charge in [0.05, 0.1) is 20.8 Å². The summed E-state index contributed by atoms with van der Waals surface area (Å²) in [6.45, 7) is 1.59. The molecule has 0 radical (unpaired) electrons. The van der Waals surface area contributed by atoms with Crippen LogP contribution in [0.1, 0.15) is 29.6 Å². The summed E-state index contributed by atoms with van der Waals surface area (Å²) >= 11 is 0. The van der Waals surface area contributed by atoms with Gasteiger partial charge in [-0.1, -0.05) is 0 Å². The van der Waals surface area contributed by atoms with E-state index in [1.165, 1.54) is 20.6 Å². The van der Waals surface area contributed by atoms with Crippen LogP contribution in [0.5, 0.6) is 11.5 Å². The molecule has 1 aromatic rings. The SMILES string of the molecule is COc1ccc(C(=O)NCC(=O)N2CCCCC2)cc1OC. The molecular weight excluding hydrogens is 284 g/mol. The van der Waals surface area contributed by atoms with E-state index >= 15 is 0 Å². The molecule has 6 nitrogen and oxygen atoms in total. The highest BCUT2D eigenvalue weighted by molar-refractivity contribution is 5.97. The van der Waals surface area contributed by atoms with Crippen molar-refractivity contribution in [1.82, 2.24) is 10.2 Å². The Hall–Kier alpha value is -2.24. The first-order chi connectivity index (χ1) is 10.7. The van der Waals surface area contributed by atoms with E-state index in [1.807, 2.05) is 0 Å². The average Bonchev–Trinajstić information content (AvgIpc) is 2.59. The zero-order chi connectivity index (χ0) is 15.9. The number of rotatable bonds is 5. The quantitative estimate of drug-likeness (QED) is 0.894. The minimum Gasteiger partial charge on any atom is -0.493 e. The van der Waals surface area contributed by atoms with Crippen molar-refractivity contribution < 1.29 is 19.1 Å². The number of likely N-dealkylation sites (tertiary alicyclic amines) is 1. The van der Waals surface area contributed by atoms with Crippen molar-refractivity contribution in [1.29, 1.82) is 0 Å². The van der Waals surface area contributed by atoms with E-state index < -0.39 is 0 Å². The number of methoxy groups -OCH3 is 2. The molecule has 1 saturated heterocycles. The number of hydrogen-bond acceptors (Lipinski definition) is 4. The van der Waals surface area contributed by atoms with Crippen LogP contribution >= 0.6 is 0 Å². The molecule has 6 heteroatoms. The van der Waals surface area contributed by atoms with E-state index in [2.05, 4.69) is 5.32 Å². The van der Waals surface area contributed by atoms with Gasteiger partial charge in [0.1, 0.15) is 0 Å². The van der Waals surface area contributed by atoms with Gasteiger partial charge in [-0.3, -0.25) is 9.59 Å². The monoisotopic (exact) mass is 306 g/mol. The summed E-state index contributed by atoms with van der Waals surface area (Å²) in [4.78, 5) is 25.9. The van der Waals surface area contributed by atoms with Crippen LogP contribution in [0.25, 0.3) is 0 Å². The molecule has 0 spiro atoms. The van der Waals surface area contributed by atoms with Crippen molar-refractivity contribution in [2.75, 3.05) is 33.9 Å². The zero-order valence-electron chi connectivity index (χ0n) is 13.1. The normalized spacial score (nSPS) is 14.4. The molecule has 0 aromatic heterocycles. The standard InChI is InChI=1S/C16H22N2O4/c1-21-13-7-6-12(10-14(13)22-2)16(20)17-11-15(19)18-8-4-3-5-9-18/h6-7,10H,3-5,8-9,11H2,1-2H3,(H,17,20). The van der Waals surface area contributed by atoms with E-state index in [1.54, 1.807) is 23.1 Å². The fourth-order valence-corrected chi connectivity index (χ4v) is 2.49. The van der Waals surface area contributed by atoms with Gasteiger partial charge in [-0.15, -0.1) is 0 Å². The van der Waals surface area contributed by atoms with Crippen LogP contribution in [0, 0.1) is 0 Å². The van der Waals surface area contributed by atoms with Gasteiger partial charge in [-0.05, 0) is 37.5 Å². The second kappa shape index (κ2) is 7.68. The van der Waals surface area contributed by atoms with E-state index in [4.69, 9.17) is 9.47 Å². The number of hydrogen-bond donors (Lipinski definition) is 1. The first kappa shape index (κ1) is 16.1. The second-order valence-corrected chi connectivity index (χ2v) is 5.19. The summed E-state index contributed by atoms with van der Waals surface area (Å²) in [6, 6.07) is 4.90. The topological polar surface area (TPSA) is 67.9 Å². The molecule has 0 saturated carbocycles. The Labute approximate surface area is 130 Å². The Morgan fingerprint density at radius 2 is 1.77 bits per heavy atom. The van der Waals surface area contributed by atoms with Gasteiger partial charge in [-0.25, -0.2) is 0 Å². The first-order valence-corrected chi connectivity index (χ1v) is 7.43. The van der Waals surface area contributed by atoms with Crippen LogP contribution < -0.4 is 14.8 Å². The largest absolute Gasteiger partial charge is 0.493 e. The zero-order valence-corrected chi connectivity index (χ0v) is 13.1. The van der Waals surface area contributed by atoms with Gasteiger partial charge in [0, 0.05) is 18.7 Å². The fourth-order valence-electron chi connectivity index (χ4n) is 2.49. The van der Waals surface area contributed by atoms with E-state index in [0.717, 1.165) is 25.9 Å². The van der Waals surface area contributed by atoms with Gasteiger partial charge in [-0.2, -0.15) is 0 Å². The van der Waals surface area contributed by atoms with E-state index in [9.17, 15) is 9.59 Å². The van der Waals surface area contributed by atoms with Gasteiger partial charge in [0.2, 0.25) is 5.91 Å². The molecule has 0 bridgehead atoms. The third-order valence-electron chi connectivity index (χ3n) is 3.75. The Bertz CT molecular complexity index is 539. The Morgan fingerprint density at radius 1 is 1.09 bits per heavy atom. The predicted molar refractivity (Wildman–Crippen MR) is 82.3 cm³/mol. The van der Waals surface area contributed by atoms with Crippen LogP contribution in [0.3, 0.4) is 0 Å². The molecule has 1 heterocycles. The van der Waals surface area contributed by atoms with Crippen LogP contribution in [-0.2, 0) is 4.79 Å². The van der Waals surface area contributed by atoms with Crippen LogP contribution in [0.4, 0.5) is 0 Å². The fraction of sp³-hybridized carbons (Fsp3) is 0.500. The molecule has 120 valence electrons. The van der Waals surface area contributed by atoms with Crippen molar-refractivity contribution in [2.45, 2.75) is 19.3 Å². The third-order valence-corrected chi connectivity index (χ3v) is 3.75. The summed E-state index contributed by atoms with van der Waals surface area (Å²) in [5, 5.41) is 2.66. The maximum atomic E-state index is 12.1. The molecule has 1 fully saturated rings. The van der Waals surface area contributed by atoms with Crippen LogP contribution in [-0.4, -0.2) is 50.6 Å². The molecule has 2 amide bonds. The van der Waals surface area contributed by atoms with Crippen LogP contribution in [0.15, 0.2) is 18.2 Å². The Balaban J connectivity index is 1.93. The first-order valence-electron chi connectivity index (χ1n) is 7.43. The molecule has 0 atom stereocenters. The summed E-state index contributed by atoms with van der Waals surface area (Å²) < 4.78 is 10.3. The molecule has 1 aromatic carbocycles. The minimum atomic E-state index is -0.300. The number of nitrogens with one attached hydrogen (secondary N) is 1. The van der Waals surface area contributed by atoms with Gasteiger partial charge >= 0.3 is 0 Å². The second-order valence-electron chi connectivity index (χ2n) is 5.19. The summed E-state index contributed by atoms with van der Waals surface area (Å²) in [6.07, 6.45) is 3.24. The molecule has 0 aliphatic carbocycles. The van der Waals surface area contributed by atoms with Crippen molar-refractivity contribution >= 4 is 11.8 Å². The molecular formula is C16H22N2O4. The highest BCUT2D eigenvalue weighted by Crippen LogP contribution is 2.27. The van der Waals surface area contributed by atoms with Crippen molar-refractivity contribution in [3.05, 3.63) is 23.8 Å². The average molecular weight is 306 g/mol. The van der Waals surface area contributed by atoms with Crippen LogP contribution in [0.2, 0.25) is 0 Å². The smallest absolute Gasteiger partial charge is 0.251 e. The van der Waals surface area contributed by atoms with Gasteiger partial charge in [0.25, 0.3) is 5.91 Å².